The van der Waals surface area contributed by atoms with E-state index >= 15 is 0 Å². The molecule has 1 atom stereocenters. The first-order chi connectivity index (χ1) is 11.2. The fraction of sp³-hybridized carbons (Fsp3) is 0.643. The quantitative estimate of drug-likeness (QED) is 0.803. The summed E-state index contributed by atoms with van der Waals surface area (Å²) in [6.45, 7) is 5.29. The molecule has 0 unspecified atom stereocenters. The van der Waals surface area contributed by atoms with Crippen molar-refractivity contribution in [1.29, 1.82) is 0 Å². The Morgan fingerprint density at radius 2 is 2.30 bits per heavy atom. The van der Waals surface area contributed by atoms with Gasteiger partial charge in [0.15, 0.2) is 5.69 Å². The van der Waals surface area contributed by atoms with Gasteiger partial charge < -0.3 is 10.6 Å². The summed E-state index contributed by atoms with van der Waals surface area (Å²) in [4.78, 5) is 12.1. The van der Waals surface area contributed by atoms with Gasteiger partial charge in [0, 0.05) is 6.54 Å². The highest BCUT2D eigenvalue weighted by Gasteiger charge is 2.16. The lowest BCUT2D eigenvalue weighted by Gasteiger charge is -2.22. The number of nitrogens with one attached hydrogen (secondary N) is 2. The molecule has 9 heteroatoms. The topological polar surface area (TPSA) is 97.6 Å². The summed E-state index contributed by atoms with van der Waals surface area (Å²) in [5.74, 6) is 0.321. The number of carbonyl (C=O) groups is 1. The number of hydrogen-bond acceptors (Lipinski definition) is 7. The third kappa shape index (κ3) is 4.32. The molecular weight excluding hydrogens is 314 g/mol. The number of rotatable bonds is 6. The van der Waals surface area contributed by atoms with Gasteiger partial charge in [0.2, 0.25) is 0 Å². The van der Waals surface area contributed by atoms with Crippen LogP contribution in [0.4, 0.5) is 0 Å². The van der Waals surface area contributed by atoms with Gasteiger partial charge in [-0.2, -0.15) is 0 Å². The zero-order chi connectivity index (χ0) is 16.1. The van der Waals surface area contributed by atoms with Crippen LogP contribution in [0.25, 0.3) is 0 Å². The van der Waals surface area contributed by atoms with E-state index in [4.69, 9.17) is 0 Å². The largest absolute Gasteiger partial charge is 0.344 e. The molecule has 2 aromatic heterocycles. The summed E-state index contributed by atoms with van der Waals surface area (Å²) < 4.78 is 1.76. The molecule has 3 heterocycles. The average molecular weight is 335 g/mol. The maximum atomic E-state index is 12.1. The maximum Gasteiger partial charge on any atom is 0.273 e. The minimum absolute atomic E-state index is 0.230. The summed E-state index contributed by atoms with van der Waals surface area (Å²) in [6.07, 6.45) is 4.94. The van der Waals surface area contributed by atoms with Crippen LogP contribution in [-0.4, -0.2) is 44.2 Å². The normalized spacial score (nSPS) is 18.0. The molecule has 0 aromatic carbocycles. The highest BCUT2D eigenvalue weighted by molar-refractivity contribution is 7.11. The molecule has 1 amide bonds. The van der Waals surface area contributed by atoms with Gasteiger partial charge in [-0.3, -0.25) is 9.48 Å². The Balaban J connectivity index is 1.51. The molecule has 2 aromatic rings. The second kappa shape index (κ2) is 7.60. The zero-order valence-electron chi connectivity index (χ0n) is 13.2. The van der Waals surface area contributed by atoms with E-state index in [1.807, 2.05) is 6.92 Å². The summed E-state index contributed by atoms with van der Waals surface area (Å²) in [6, 6.07) is 0. The van der Waals surface area contributed by atoms with Crippen molar-refractivity contribution in [2.45, 2.75) is 39.3 Å². The second-order valence-corrected chi connectivity index (χ2v) is 6.81. The summed E-state index contributed by atoms with van der Waals surface area (Å²) in [5.41, 5.74) is 0.342. The van der Waals surface area contributed by atoms with E-state index in [1.165, 1.54) is 24.2 Å². The van der Waals surface area contributed by atoms with Crippen molar-refractivity contribution < 1.29 is 4.79 Å². The highest BCUT2D eigenvalue weighted by Crippen LogP contribution is 2.12. The van der Waals surface area contributed by atoms with Crippen LogP contribution in [0.3, 0.4) is 0 Å². The monoisotopic (exact) mass is 335 g/mol. The van der Waals surface area contributed by atoms with Gasteiger partial charge in [-0.25, -0.2) is 0 Å². The predicted octanol–water partition coefficient (Wildman–Crippen LogP) is 0.622. The molecule has 124 valence electrons. The van der Waals surface area contributed by atoms with Gasteiger partial charge in [-0.1, -0.05) is 23.5 Å². The Morgan fingerprint density at radius 3 is 3.04 bits per heavy atom. The van der Waals surface area contributed by atoms with Gasteiger partial charge in [-0.15, -0.1) is 15.3 Å². The standard InChI is InChI=1S/C14H21N7OS/c1-2-12-18-19-13(23-12)7-16-14(22)11-9-21(20-17-11)8-10-4-3-5-15-6-10/h9-10,15H,2-8H2,1H3,(H,16,22)/t10-/m0/s1. The number of hydrogen-bond donors (Lipinski definition) is 2. The Morgan fingerprint density at radius 1 is 1.43 bits per heavy atom. The number of carbonyl (C=O) groups excluding carboxylic acids is 1. The first-order valence-corrected chi connectivity index (χ1v) is 8.76. The molecule has 1 saturated heterocycles. The van der Waals surface area contributed by atoms with E-state index in [9.17, 15) is 4.79 Å². The second-order valence-electron chi connectivity index (χ2n) is 5.66. The Bertz CT molecular complexity index is 647. The molecule has 8 nitrogen and oxygen atoms in total. The molecule has 23 heavy (non-hydrogen) atoms. The van der Waals surface area contributed by atoms with Crippen LogP contribution in [0.5, 0.6) is 0 Å². The van der Waals surface area contributed by atoms with E-state index in [-0.39, 0.29) is 5.91 Å². The van der Waals surface area contributed by atoms with Gasteiger partial charge in [0.25, 0.3) is 5.91 Å². The van der Waals surface area contributed by atoms with E-state index in [2.05, 4.69) is 31.1 Å². The van der Waals surface area contributed by atoms with Crippen molar-refractivity contribution in [3.05, 3.63) is 21.9 Å². The fourth-order valence-corrected chi connectivity index (χ4v) is 3.31. The molecule has 2 N–H and O–H groups in total. The number of nitrogens with zero attached hydrogens (tertiary/aromatic N) is 5. The van der Waals surface area contributed by atoms with Gasteiger partial charge in [-0.05, 0) is 38.3 Å². The first-order valence-electron chi connectivity index (χ1n) is 7.95. The minimum atomic E-state index is -0.230. The van der Waals surface area contributed by atoms with Crippen molar-refractivity contribution >= 4 is 17.2 Å². The van der Waals surface area contributed by atoms with Gasteiger partial charge >= 0.3 is 0 Å². The highest BCUT2D eigenvalue weighted by atomic mass is 32.1. The van der Waals surface area contributed by atoms with E-state index in [0.29, 0.717) is 18.2 Å². The van der Waals surface area contributed by atoms with E-state index in [1.54, 1.807) is 10.9 Å². The van der Waals surface area contributed by atoms with Crippen molar-refractivity contribution in [3.8, 4) is 0 Å². The van der Waals surface area contributed by atoms with E-state index in [0.717, 1.165) is 36.1 Å². The molecule has 1 fully saturated rings. The summed E-state index contributed by atoms with van der Waals surface area (Å²) in [7, 11) is 0. The zero-order valence-corrected chi connectivity index (χ0v) is 14.0. The molecule has 1 aliphatic rings. The van der Waals surface area contributed by atoms with Crippen LogP contribution < -0.4 is 10.6 Å². The number of aromatic nitrogens is 5. The molecule has 0 spiro atoms. The van der Waals surface area contributed by atoms with Crippen LogP contribution >= 0.6 is 11.3 Å². The molecule has 0 aliphatic carbocycles. The maximum absolute atomic E-state index is 12.1. The lowest BCUT2D eigenvalue weighted by atomic mass is 10.00. The minimum Gasteiger partial charge on any atom is -0.344 e. The summed E-state index contributed by atoms with van der Waals surface area (Å²) in [5, 5.41) is 24.1. The van der Waals surface area contributed by atoms with Gasteiger partial charge in [0.05, 0.1) is 12.7 Å². The molecule has 0 saturated carbocycles. The number of aryl methyl sites for hydroxylation is 1. The Kier molecular flexibility index (Phi) is 5.29. The third-order valence-corrected chi connectivity index (χ3v) is 4.89. The van der Waals surface area contributed by atoms with Crippen molar-refractivity contribution in [3.63, 3.8) is 0 Å². The first kappa shape index (κ1) is 16.0. The van der Waals surface area contributed by atoms with Crippen molar-refractivity contribution in [2.24, 2.45) is 5.92 Å². The van der Waals surface area contributed by atoms with Crippen LogP contribution in [0.1, 0.15) is 40.3 Å². The van der Waals surface area contributed by atoms with E-state index < -0.39 is 0 Å². The van der Waals surface area contributed by atoms with Crippen molar-refractivity contribution in [1.82, 2.24) is 35.8 Å². The lowest BCUT2D eigenvalue weighted by molar-refractivity contribution is 0.0945. The molecule has 1 aliphatic heterocycles. The molecule has 3 rings (SSSR count). The Labute approximate surface area is 138 Å². The number of piperidine rings is 1. The third-order valence-electron chi connectivity index (χ3n) is 3.83. The molecular formula is C14H21N7OS. The summed E-state index contributed by atoms with van der Waals surface area (Å²) >= 11 is 1.51. The number of amides is 1. The fourth-order valence-electron chi connectivity index (χ4n) is 2.59. The average Bonchev–Trinajstić information content (AvgIpc) is 3.23. The Hall–Kier alpha value is -1.87. The molecule has 0 bridgehead atoms. The van der Waals surface area contributed by atoms with Gasteiger partial charge in [0.1, 0.15) is 10.0 Å². The van der Waals surface area contributed by atoms with Crippen molar-refractivity contribution in [2.75, 3.05) is 13.1 Å². The van der Waals surface area contributed by atoms with Crippen LogP contribution in [0, 0.1) is 5.92 Å². The smallest absolute Gasteiger partial charge is 0.273 e. The lowest BCUT2D eigenvalue weighted by Crippen LogP contribution is -2.32. The predicted molar refractivity (Wildman–Crippen MR) is 86.1 cm³/mol. The van der Waals surface area contributed by atoms with Crippen LogP contribution in [0.15, 0.2) is 6.20 Å². The SMILES string of the molecule is CCc1nnc(CNC(=O)c2cn(C[C@H]3CCCNC3)nn2)s1. The molecule has 0 radical (unpaired) electrons. The van der Waals surface area contributed by atoms with Crippen LogP contribution in [0.2, 0.25) is 0 Å². The van der Waals surface area contributed by atoms with Crippen LogP contribution in [-0.2, 0) is 19.5 Å².